The predicted octanol–water partition coefficient (Wildman–Crippen LogP) is 3.18. The molecule has 1 atom stereocenters. The van der Waals surface area contributed by atoms with E-state index in [2.05, 4.69) is 34.0 Å². The van der Waals surface area contributed by atoms with Crippen LogP contribution in [-0.2, 0) is 6.54 Å². The molecule has 1 aromatic carbocycles. The number of benzene rings is 1. The number of ether oxygens (including phenoxy) is 1. The first-order chi connectivity index (χ1) is 9.15. The Morgan fingerprint density at radius 3 is 2.53 bits per heavy atom. The Morgan fingerprint density at radius 1 is 1.21 bits per heavy atom. The lowest BCUT2D eigenvalue weighted by molar-refractivity contribution is 0.242. The topological polar surface area (TPSA) is 47.0 Å². The van der Waals surface area contributed by atoms with E-state index >= 15 is 0 Å². The summed E-state index contributed by atoms with van der Waals surface area (Å²) in [4.78, 5) is 0. The van der Waals surface area contributed by atoms with Gasteiger partial charge in [0.25, 0.3) is 0 Å². The minimum Gasteiger partial charge on any atom is -0.491 e. The molecule has 1 heterocycles. The van der Waals surface area contributed by atoms with Crippen molar-refractivity contribution in [2.75, 3.05) is 0 Å². The molecular weight excluding hydrogens is 258 g/mol. The van der Waals surface area contributed by atoms with Crippen molar-refractivity contribution in [3.63, 3.8) is 0 Å². The second kappa shape index (κ2) is 6.63. The van der Waals surface area contributed by atoms with Gasteiger partial charge < -0.3 is 10.1 Å². The van der Waals surface area contributed by atoms with Gasteiger partial charge in [-0.3, -0.25) is 0 Å². The first-order valence-electron chi connectivity index (χ1n) is 6.41. The Bertz CT molecular complexity index is 482. The zero-order valence-corrected chi connectivity index (χ0v) is 12.3. The molecule has 2 aromatic rings. The Morgan fingerprint density at radius 2 is 1.95 bits per heavy atom. The molecule has 5 heteroatoms. The molecule has 102 valence electrons. The fourth-order valence-electron chi connectivity index (χ4n) is 1.74. The first-order valence-corrected chi connectivity index (χ1v) is 7.24. The molecule has 0 aliphatic rings. The van der Waals surface area contributed by atoms with E-state index in [4.69, 9.17) is 4.74 Å². The monoisotopic (exact) mass is 277 g/mol. The SMILES string of the molecule is CC(C)Oc1ccc(C(C)NCc2csnn2)cc1. The van der Waals surface area contributed by atoms with Gasteiger partial charge in [-0.1, -0.05) is 16.6 Å². The lowest BCUT2D eigenvalue weighted by Gasteiger charge is -2.15. The third-order valence-electron chi connectivity index (χ3n) is 2.75. The van der Waals surface area contributed by atoms with Crippen LogP contribution < -0.4 is 10.1 Å². The fourth-order valence-corrected chi connectivity index (χ4v) is 2.20. The van der Waals surface area contributed by atoms with Crippen molar-refractivity contribution < 1.29 is 4.74 Å². The van der Waals surface area contributed by atoms with Gasteiger partial charge in [0.05, 0.1) is 11.8 Å². The average Bonchev–Trinajstić information content (AvgIpc) is 2.89. The number of rotatable bonds is 6. The van der Waals surface area contributed by atoms with E-state index < -0.39 is 0 Å². The van der Waals surface area contributed by atoms with E-state index in [0.29, 0.717) is 0 Å². The van der Waals surface area contributed by atoms with Crippen LogP contribution in [0, 0.1) is 0 Å². The standard InChI is InChI=1S/C14H19N3OS/c1-10(2)18-14-6-4-12(5-7-14)11(3)15-8-13-9-19-17-16-13/h4-7,9-11,15H,8H2,1-3H3. The molecule has 1 N–H and O–H groups in total. The quantitative estimate of drug-likeness (QED) is 0.881. The largest absolute Gasteiger partial charge is 0.491 e. The zero-order chi connectivity index (χ0) is 13.7. The highest BCUT2D eigenvalue weighted by Crippen LogP contribution is 2.18. The van der Waals surface area contributed by atoms with Crippen molar-refractivity contribution in [2.24, 2.45) is 0 Å². The van der Waals surface area contributed by atoms with Crippen molar-refractivity contribution in [3.05, 3.63) is 40.9 Å². The van der Waals surface area contributed by atoms with Crippen LogP contribution in [0.15, 0.2) is 29.6 Å². The van der Waals surface area contributed by atoms with Crippen molar-refractivity contribution >= 4 is 11.5 Å². The van der Waals surface area contributed by atoms with Crippen LogP contribution in [-0.4, -0.2) is 15.7 Å². The van der Waals surface area contributed by atoms with Crippen LogP contribution in [0.1, 0.15) is 38.1 Å². The Kier molecular flexibility index (Phi) is 4.87. The summed E-state index contributed by atoms with van der Waals surface area (Å²) in [5.41, 5.74) is 2.22. The van der Waals surface area contributed by atoms with Gasteiger partial charge >= 0.3 is 0 Å². The normalized spacial score (nSPS) is 12.6. The summed E-state index contributed by atoms with van der Waals surface area (Å²) in [6.45, 7) is 6.93. The number of nitrogens with zero attached hydrogens (tertiary/aromatic N) is 2. The van der Waals surface area contributed by atoms with Crippen molar-refractivity contribution in [1.82, 2.24) is 14.9 Å². The van der Waals surface area contributed by atoms with E-state index in [1.54, 1.807) is 0 Å². The van der Waals surface area contributed by atoms with Gasteiger partial charge in [-0.2, -0.15) is 0 Å². The summed E-state index contributed by atoms with van der Waals surface area (Å²) in [5.74, 6) is 0.912. The third kappa shape index (κ3) is 4.29. The van der Waals surface area contributed by atoms with E-state index in [0.717, 1.165) is 18.0 Å². The van der Waals surface area contributed by atoms with Gasteiger partial charge in [-0.15, -0.1) is 5.10 Å². The molecule has 0 saturated heterocycles. The maximum absolute atomic E-state index is 5.63. The average molecular weight is 277 g/mol. The number of hydrogen-bond donors (Lipinski definition) is 1. The lowest BCUT2D eigenvalue weighted by atomic mass is 10.1. The molecule has 0 spiro atoms. The summed E-state index contributed by atoms with van der Waals surface area (Å²) in [6, 6.07) is 8.48. The van der Waals surface area contributed by atoms with E-state index in [9.17, 15) is 0 Å². The number of nitrogens with one attached hydrogen (secondary N) is 1. The van der Waals surface area contributed by atoms with Crippen LogP contribution in [0.2, 0.25) is 0 Å². The second-order valence-corrected chi connectivity index (χ2v) is 5.34. The highest BCUT2D eigenvalue weighted by atomic mass is 32.1. The van der Waals surface area contributed by atoms with Crippen LogP contribution in [0.3, 0.4) is 0 Å². The van der Waals surface area contributed by atoms with Gasteiger partial charge in [0, 0.05) is 18.0 Å². The van der Waals surface area contributed by atoms with E-state index in [1.165, 1.54) is 17.1 Å². The van der Waals surface area contributed by atoms with Gasteiger partial charge in [0.2, 0.25) is 0 Å². The molecule has 19 heavy (non-hydrogen) atoms. The summed E-state index contributed by atoms with van der Waals surface area (Å²) in [5, 5.41) is 9.40. The molecule has 4 nitrogen and oxygen atoms in total. The molecule has 1 aromatic heterocycles. The van der Waals surface area contributed by atoms with Crippen molar-refractivity contribution in [2.45, 2.75) is 39.5 Å². The molecule has 0 amide bonds. The van der Waals surface area contributed by atoms with Gasteiger partial charge in [-0.05, 0) is 50.0 Å². The minimum absolute atomic E-state index is 0.207. The Labute approximate surface area is 118 Å². The Hall–Kier alpha value is -1.46. The molecular formula is C14H19N3OS. The van der Waals surface area contributed by atoms with Gasteiger partial charge in [-0.25, -0.2) is 0 Å². The smallest absolute Gasteiger partial charge is 0.119 e. The lowest BCUT2D eigenvalue weighted by Crippen LogP contribution is -2.18. The molecule has 0 aliphatic heterocycles. The minimum atomic E-state index is 0.207. The summed E-state index contributed by atoms with van der Waals surface area (Å²) >= 11 is 1.38. The van der Waals surface area contributed by atoms with Crippen LogP contribution in [0.4, 0.5) is 0 Å². The maximum Gasteiger partial charge on any atom is 0.119 e. The van der Waals surface area contributed by atoms with Gasteiger partial charge in [0.15, 0.2) is 0 Å². The number of hydrogen-bond acceptors (Lipinski definition) is 5. The van der Waals surface area contributed by atoms with E-state index in [1.807, 2.05) is 31.4 Å². The molecule has 0 bridgehead atoms. The van der Waals surface area contributed by atoms with Crippen molar-refractivity contribution in [3.8, 4) is 5.75 Å². The number of aromatic nitrogens is 2. The highest BCUT2D eigenvalue weighted by molar-refractivity contribution is 7.03. The summed E-state index contributed by atoms with van der Waals surface area (Å²) in [6.07, 6.45) is 0.207. The molecule has 0 radical (unpaired) electrons. The molecule has 0 aliphatic carbocycles. The van der Waals surface area contributed by atoms with Crippen molar-refractivity contribution in [1.29, 1.82) is 0 Å². The highest BCUT2D eigenvalue weighted by Gasteiger charge is 2.06. The summed E-state index contributed by atoms with van der Waals surface area (Å²) in [7, 11) is 0. The van der Waals surface area contributed by atoms with Crippen LogP contribution in [0.5, 0.6) is 5.75 Å². The Balaban J connectivity index is 1.90. The fraction of sp³-hybridized carbons (Fsp3) is 0.429. The molecule has 0 fully saturated rings. The van der Waals surface area contributed by atoms with Crippen LogP contribution >= 0.6 is 11.5 Å². The van der Waals surface area contributed by atoms with Crippen LogP contribution in [0.25, 0.3) is 0 Å². The second-order valence-electron chi connectivity index (χ2n) is 4.73. The third-order valence-corrected chi connectivity index (χ3v) is 3.30. The summed E-state index contributed by atoms with van der Waals surface area (Å²) < 4.78 is 9.48. The molecule has 0 saturated carbocycles. The molecule has 1 unspecified atom stereocenters. The molecule has 2 rings (SSSR count). The zero-order valence-electron chi connectivity index (χ0n) is 11.5. The first kappa shape index (κ1) is 14.0. The predicted molar refractivity (Wildman–Crippen MR) is 77.4 cm³/mol. The van der Waals surface area contributed by atoms with Gasteiger partial charge in [0.1, 0.15) is 5.75 Å². The maximum atomic E-state index is 5.63. The van der Waals surface area contributed by atoms with E-state index in [-0.39, 0.29) is 12.1 Å².